The Morgan fingerprint density at radius 1 is 1.04 bits per heavy atom. The van der Waals surface area contributed by atoms with Gasteiger partial charge in [0.25, 0.3) is 0 Å². The van der Waals surface area contributed by atoms with Crippen LogP contribution in [0.5, 0.6) is 0 Å². The molecule has 0 aromatic carbocycles. The van der Waals surface area contributed by atoms with Crippen molar-refractivity contribution in [1.82, 2.24) is 4.72 Å². The highest BCUT2D eigenvalue weighted by molar-refractivity contribution is 7.90. The zero-order valence-corrected chi connectivity index (χ0v) is 14.0. The minimum atomic E-state index is -5.70. The highest BCUT2D eigenvalue weighted by atomic mass is 32.2. The normalized spacial score (nSPS) is 14.4. The van der Waals surface area contributed by atoms with Crippen molar-refractivity contribution in [3.8, 4) is 0 Å². The van der Waals surface area contributed by atoms with E-state index in [1.807, 2.05) is 0 Å². The smallest absolute Gasteiger partial charge is 0.461 e. The Hall–Kier alpha value is -1.30. The number of hydrogen-bond acceptors (Lipinski definition) is 4. The van der Waals surface area contributed by atoms with E-state index in [1.54, 1.807) is 0 Å². The number of rotatable bonds is 6. The molecule has 142 valence electrons. The third-order valence-corrected chi connectivity index (χ3v) is 4.93. The van der Waals surface area contributed by atoms with Gasteiger partial charge in [-0.1, -0.05) is 20.4 Å². The molecule has 0 bridgehead atoms. The van der Waals surface area contributed by atoms with E-state index >= 15 is 0 Å². The van der Waals surface area contributed by atoms with Crippen LogP contribution in [0.15, 0.2) is 12.2 Å². The average molecular weight is 385 g/mol. The van der Waals surface area contributed by atoms with E-state index in [2.05, 4.69) is 11.3 Å². The number of halogens is 6. The maximum Gasteiger partial charge on any atom is 0.511 e. The molecule has 0 amide bonds. The van der Waals surface area contributed by atoms with Gasteiger partial charge < -0.3 is 4.74 Å². The molecule has 0 rings (SSSR count). The number of sulfonamides is 1. The second-order valence-corrected chi connectivity index (χ2v) is 7.79. The second-order valence-electron chi connectivity index (χ2n) is 6.11. The summed E-state index contributed by atoms with van der Waals surface area (Å²) >= 11 is 0. The lowest BCUT2D eigenvalue weighted by atomic mass is 9.76. The maximum atomic E-state index is 12.4. The van der Waals surface area contributed by atoms with E-state index in [0.29, 0.717) is 0 Å². The Morgan fingerprint density at radius 2 is 1.46 bits per heavy atom. The number of carbonyl (C=O) groups is 1. The quantitative estimate of drug-likeness (QED) is 0.434. The lowest BCUT2D eigenvalue weighted by molar-refractivity contribution is -0.154. The van der Waals surface area contributed by atoms with Crippen LogP contribution in [-0.4, -0.2) is 38.2 Å². The van der Waals surface area contributed by atoms with Crippen LogP contribution in [0, 0.1) is 5.41 Å². The highest BCUT2D eigenvalue weighted by Gasteiger charge is 2.51. The zero-order valence-electron chi connectivity index (χ0n) is 13.2. The molecule has 0 aromatic rings. The monoisotopic (exact) mass is 385 g/mol. The van der Waals surface area contributed by atoms with Crippen LogP contribution in [-0.2, 0) is 19.6 Å². The summed E-state index contributed by atoms with van der Waals surface area (Å²) in [7, 11) is -5.70. The second kappa shape index (κ2) is 6.54. The van der Waals surface area contributed by atoms with Gasteiger partial charge in [0, 0.05) is 11.0 Å². The van der Waals surface area contributed by atoms with Crippen LogP contribution in [0.25, 0.3) is 0 Å². The summed E-state index contributed by atoms with van der Waals surface area (Å²) in [5, 5.41) is 0. The first-order chi connectivity index (χ1) is 10.2. The van der Waals surface area contributed by atoms with E-state index in [-0.39, 0.29) is 0 Å². The van der Waals surface area contributed by atoms with Gasteiger partial charge in [-0.05, 0) is 13.8 Å². The predicted octanol–water partition coefficient (Wildman–Crippen LogP) is 2.89. The van der Waals surface area contributed by atoms with Crippen molar-refractivity contribution < 1.29 is 44.3 Å². The van der Waals surface area contributed by atoms with E-state index in [4.69, 9.17) is 0 Å². The van der Waals surface area contributed by atoms with Gasteiger partial charge in [-0.15, -0.1) is 0 Å². The molecule has 0 aliphatic rings. The molecule has 0 saturated carbocycles. The summed E-state index contributed by atoms with van der Waals surface area (Å²) in [5.74, 6) is -1.80. The van der Waals surface area contributed by atoms with Gasteiger partial charge >= 0.3 is 27.7 Å². The summed E-state index contributed by atoms with van der Waals surface area (Å²) < 4.78 is 102. The van der Waals surface area contributed by atoms with E-state index < -0.39 is 50.8 Å². The Morgan fingerprint density at radius 3 is 1.79 bits per heavy atom. The lowest BCUT2D eigenvalue weighted by Gasteiger charge is -2.41. The minimum absolute atomic E-state index is 0.783. The number of ether oxygens (including phenoxy) is 1. The first-order valence-corrected chi connectivity index (χ1v) is 7.76. The third kappa shape index (κ3) is 5.36. The Bertz CT molecular complexity index is 604. The van der Waals surface area contributed by atoms with Gasteiger partial charge in [-0.25, -0.2) is 17.9 Å². The summed E-state index contributed by atoms with van der Waals surface area (Å²) in [5.41, 5.74) is -10.6. The van der Waals surface area contributed by atoms with Crippen molar-refractivity contribution in [3.05, 3.63) is 12.2 Å². The molecular formula is C12H17F6NO4S. The first kappa shape index (κ1) is 22.7. The van der Waals surface area contributed by atoms with Crippen molar-refractivity contribution in [2.75, 3.05) is 6.61 Å². The van der Waals surface area contributed by atoms with Crippen molar-refractivity contribution in [2.24, 2.45) is 5.41 Å². The average Bonchev–Trinajstić information content (AvgIpc) is 2.31. The largest absolute Gasteiger partial charge is 0.511 e. The third-order valence-electron chi connectivity index (χ3n) is 3.54. The van der Waals surface area contributed by atoms with E-state index in [0.717, 1.165) is 13.8 Å². The van der Waals surface area contributed by atoms with E-state index in [1.165, 1.54) is 18.6 Å². The van der Waals surface area contributed by atoms with Crippen molar-refractivity contribution in [2.45, 2.75) is 44.9 Å². The molecule has 5 nitrogen and oxygen atoms in total. The molecule has 0 aromatic heterocycles. The highest BCUT2D eigenvalue weighted by Crippen LogP contribution is 2.35. The molecule has 24 heavy (non-hydrogen) atoms. The SMILES string of the molecule is C=C(C(=O)OCC(C)(C)C(C)(C)NS(=O)(=O)C(F)(F)F)C(F)(F)F. The fourth-order valence-corrected chi connectivity index (χ4v) is 2.22. The lowest BCUT2D eigenvalue weighted by Crippen LogP contribution is -2.58. The molecule has 0 spiro atoms. The minimum Gasteiger partial charge on any atom is -0.461 e. The van der Waals surface area contributed by atoms with Crippen molar-refractivity contribution in [1.29, 1.82) is 0 Å². The summed E-state index contributed by atoms with van der Waals surface area (Å²) in [6.45, 7) is 6.32. The predicted molar refractivity (Wildman–Crippen MR) is 72.1 cm³/mol. The van der Waals surface area contributed by atoms with Crippen LogP contribution in [0.1, 0.15) is 27.7 Å². The van der Waals surface area contributed by atoms with Crippen LogP contribution in [0.4, 0.5) is 26.3 Å². The van der Waals surface area contributed by atoms with Crippen LogP contribution in [0.2, 0.25) is 0 Å². The van der Waals surface area contributed by atoms with Crippen molar-refractivity contribution >= 4 is 16.0 Å². The molecule has 0 atom stereocenters. The van der Waals surface area contributed by atoms with Gasteiger partial charge in [0.1, 0.15) is 5.57 Å². The van der Waals surface area contributed by atoms with Gasteiger partial charge in [0.05, 0.1) is 6.61 Å². The van der Waals surface area contributed by atoms with Crippen molar-refractivity contribution in [3.63, 3.8) is 0 Å². The van der Waals surface area contributed by atoms with Crippen LogP contribution in [0.3, 0.4) is 0 Å². The molecule has 0 aliphatic carbocycles. The molecule has 1 N–H and O–H groups in total. The number of alkyl halides is 6. The van der Waals surface area contributed by atoms with Crippen LogP contribution < -0.4 is 4.72 Å². The Balaban J connectivity index is 5.18. The molecular weight excluding hydrogens is 368 g/mol. The summed E-state index contributed by atoms with van der Waals surface area (Å²) in [4.78, 5) is 11.2. The molecule has 0 saturated heterocycles. The molecule has 0 fully saturated rings. The number of carbonyl (C=O) groups excluding carboxylic acids is 1. The fourth-order valence-electron chi connectivity index (χ4n) is 1.16. The zero-order chi connectivity index (χ0) is 19.8. The topological polar surface area (TPSA) is 72.5 Å². The van der Waals surface area contributed by atoms with E-state index in [9.17, 15) is 39.6 Å². The molecule has 12 heteroatoms. The van der Waals surface area contributed by atoms with Gasteiger partial charge in [-0.2, -0.15) is 26.3 Å². The molecule has 0 radical (unpaired) electrons. The van der Waals surface area contributed by atoms with Gasteiger partial charge in [0.2, 0.25) is 0 Å². The first-order valence-electron chi connectivity index (χ1n) is 6.28. The molecule has 0 unspecified atom stereocenters. The summed E-state index contributed by atoms with van der Waals surface area (Å²) in [6.07, 6.45) is -5.02. The standard InChI is InChI=1S/C12H17F6NO4S/c1-7(11(13,14)15)8(20)23-6-9(2,3)10(4,5)19-24(21,22)12(16,17)18/h19H,1,6H2,2-5H3. The number of nitrogens with one attached hydrogen (secondary N) is 1. The Labute approximate surface area is 135 Å². The number of hydrogen-bond donors (Lipinski definition) is 1. The Kier molecular flexibility index (Phi) is 6.19. The van der Waals surface area contributed by atoms with Crippen LogP contribution >= 0.6 is 0 Å². The summed E-state index contributed by atoms with van der Waals surface area (Å²) in [6, 6.07) is 0. The maximum absolute atomic E-state index is 12.4. The number of esters is 1. The molecule has 0 heterocycles. The van der Waals surface area contributed by atoms with Gasteiger partial charge in [0.15, 0.2) is 0 Å². The van der Waals surface area contributed by atoms with Gasteiger partial charge in [-0.3, -0.25) is 0 Å². The molecule has 0 aliphatic heterocycles. The fraction of sp³-hybridized carbons (Fsp3) is 0.750.